The van der Waals surface area contributed by atoms with Gasteiger partial charge in [0, 0.05) is 28.8 Å². The molecular weight excluding hydrogens is 653 g/mol. The number of carbonyl (C=O) groups excluding carboxylic acids is 3. The largest absolute Gasteiger partial charge is 0.497 e. The van der Waals surface area contributed by atoms with Gasteiger partial charge in [-0.1, -0.05) is 60.7 Å². The number of aliphatic hydroxyl groups is 2. The van der Waals surface area contributed by atoms with E-state index in [2.05, 4.69) is 0 Å². The minimum Gasteiger partial charge on any atom is -0.497 e. The minimum atomic E-state index is -3.95. The van der Waals surface area contributed by atoms with E-state index in [0.29, 0.717) is 22.7 Å². The van der Waals surface area contributed by atoms with Crippen molar-refractivity contribution < 1.29 is 53.5 Å². The molecule has 4 aromatic rings. The Morgan fingerprint density at radius 2 is 1.32 bits per heavy atom. The number of ketones is 2. The molecule has 0 bridgehead atoms. The zero-order valence-electron chi connectivity index (χ0n) is 26.3. The second kappa shape index (κ2) is 14.5. The number of fused-ring (bicyclic) bond motifs is 1. The number of nitrogens with two attached hydrogens (primary N) is 1. The standard InChI is InChI=1S/C18H16FN3O2.C18H14O8/c1-24-14-7-8-16-15(11-14)18(21,9-2-10-20)17(23)22(16)13-5-3-12(19)4-6-13;19-13(11-7-3-1-4-8-11)17(25,15(21)22)18(26,16(23)24)14(20)12-9-5-2-6-10-12/h3-8,11H,2,9,21H2,1H3;1-10,25-26H,(H,21,22)(H,23,24). The predicted molar refractivity (Wildman–Crippen MR) is 174 cm³/mol. The molecule has 4 aromatic carbocycles. The van der Waals surface area contributed by atoms with E-state index in [4.69, 9.17) is 15.7 Å². The molecule has 0 aliphatic carbocycles. The Hall–Kier alpha value is -6.27. The van der Waals surface area contributed by atoms with Gasteiger partial charge in [-0.3, -0.25) is 19.3 Å². The van der Waals surface area contributed by atoms with Crippen LogP contribution in [0.2, 0.25) is 0 Å². The Labute approximate surface area is 284 Å². The lowest BCUT2D eigenvalue weighted by Crippen LogP contribution is -2.71. The van der Waals surface area contributed by atoms with E-state index in [9.17, 15) is 48.8 Å². The van der Waals surface area contributed by atoms with Crippen LogP contribution in [0.15, 0.2) is 103 Å². The number of Topliss-reactive ketones (excluding diaryl/α,β-unsaturated/α-hetero) is 2. The van der Waals surface area contributed by atoms with Crippen molar-refractivity contribution in [2.24, 2.45) is 5.73 Å². The van der Waals surface area contributed by atoms with E-state index < -0.39 is 51.4 Å². The van der Waals surface area contributed by atoms with E-state index in [1.807, 2.05) is 6.07 Å². The lowest BCUT2D eigenvalue weighted by molar-refractivity contribution is -0.187. The average molecular weight is 684 g/mol. The molecule has 3 atom stereocenters. The molecule has 0 spiro atoms. The molecule has 0 saturated heterocycles. The number of halogens is 1. The highest BCUT2D eigenvalue weighted by atomic mass is 19.1. The molecular formula is C36H30FN3O10. The van der Waals surface area contributed by atoms with Gasteiger partial charge in [0.1, 0.15) is 17.1 Å². The van der Waals surface area contributed by atoms with Crippen molar-refractivity contribution >= 4 is 40.8 Å². The van der Waals surface area contributed by atoms with Gasteiger partial charge >= 0.3 is 11.9 Å². The van der Waals surface area contributed by atoms with Crippen LogP contribution in [0.25, 0.3) is 0 Å². The highest BCUT2D eigenvalue weighted by Gasteiger charge is 2.69. The number of nitriles is 1. The summed E-state index contributed by atoms with van der Waals surface area (Å²) >= 11 is 0. The van der Waals surface area contributed by atoms with Gasteiger partial charge in [-0.25, -0.2) is 14.0 Å². The first kappa shape index (κ1) is 36.6. The summed E-state index contributed by atoms with van der Waals surface area (Å²) in [7, 11) is 1.53. The second-order valence-electron chi connectivity index (χ2n) is 11.1. The topological polar surface area (TPSA) is 229 Å². The van der Waals surface area contributed by atoms with Crippen molar-refractivity contribution in [1.82, 2.24) is 0 Å². The van der Waals surface area contributed by atoms with Gasteiger partial charge in [-0.2, -0.15) is 5.26 Å². The molecule has 1 aliphatic rings. The summed E-state index contributed by atoms with van der Waals surface area (Å²) in [4.78, 5) is 63.0. The average Bonchev–Trinajstić information content (AvgIpc) is 3.35. The van der Waals surface area contributed by atoms with Crippen LogP contribution in [0.1, 0.15) is 39.1 Å². The van der Waals surface area contributed by atoms with Crippen molar-refractivity contribution in [1.29, 1.82) is 5.26 Å². The van der Waals surface area contributed by atoms with Gasteiger partial charge in [0.25, 0.3) is 17.1 Å². The van der Waals surface area contributed by atoms with Gasteiger partial charge in [0.15, 0.2) is 0 Å². The molecule has 0 saturated carbocycles. The third kappa shape index (κ3) is 6.31. The quantitative estimate of drug-likeness (QED) is 0.113. The zero-order chi connectivity index (χ0) is 36.9. The van der Waals surface area contributed by atoms with Crippen LogP contribution in [-0.4, -0.2) is 68.2 Å². The maximum atomic E-state index is 13.2. The van der Waals surface area contributed by atoms with Crippen LogP contribution >= 0.6 is 0 Å². The number of methoxy groups -OCH3 is 1. The predicted octanol–water partition coefficient (Wildman–Crippen LogP) is 3.35. The number of hydrogen-bond donors (Lipinski definition) is 5. The molecule has 1 aliphatic heterocycles. The molecule has 3 unspecified atom stereocenters. The molecule has 0 fully saturated rings. The third-order valence-electron chi connectivity index (χ3n) is 8.10. The first-order valence-corrected chi connectivity index (χ1v) is 14.7. The summed E-state index contributed by atoms with van der Waals surface area (Å²) in [5.41, 5.74) is -1.84. The number of rotatable bonds is 11. The van der Waals surface area contributed by atoms with Crippen molar-refractivity contribution in [3.8, 4) is 11.8 Å². The molecule has 50 heavy (non-hydrogen) atoms. The lowest BCUT2D eigenvalue weighted by atomic mass is 9.73. The number of aliphatic carboxylic acids is 2. The van der Waals surface area contributed by atoms with E-state index in [1.165, 1.54) is 72.7 Å². The Balaban J connectivity index is 0.000000225. The summed E-state index contributed by atoms with van der Waals surface area (Å²) in [6.45, 7) is 0. The molecule has 13 nitrogen and oxygen atoms in total. The Kier molecular flexibility index (Phi) is 10.6. The van der Waals surface area contributed by atoms with Crippen LogP contribution < -0.4 is 15.4 Å². The summed E-state index contributed by atoms with van der Waals surface area (Å²) in [5.74, 6) is -8.17. The molecule has 5 rings (SSSR count). The first-order valence-electron chi connectivity index (χ1n) is 14.7. The number of ether oxygens (including phenoxy) is 1. The number of amides is 1. The van der Waals surface area contributed by atoms with Gasteiger partial charge < -0.3 is 30.9 Å². The second-order valence-corrected chi connectivity index (χ2v) is 11.1. The number of carboxylic acid groups (broad SMARTS) is 2. The number of hydrogen-bond acceptors (Lipinski definition) is 10. The molecule has 6 N–H and O–H groups in total. The SMILES string of the molecule is COc1ccc2c(c1)C(N)(CCC#N)C(=O)N2c1ccc(F)cc1.O=C(O)C(O)(C(=O)c1ccccc1)C(O)(C(=O)O)C(=O)c1ccccc1. The van der Waals surface area contributed by atoms with Crippen LogP contribution in [0.4, 0.5) is 15.8 Å². The van der Waals surface area contributed by atoms with Gasteiger partial charge in [-0.15, -0.1) is 0 Å². The van der Waals surface area contributed by atoms with E-state index in [-0.39, 0.29) is 24.6 Å². The van der Waals surface area contributed by atoms with Crippen LogP contribution in [0.5, 0.6) is 5.75 Å². The minimum absolute atomic E-state index is 0.149. The van der Waals surface area contributed by atoms with Gasteiger partial charge in [0.2, 0.25) is 11.6 Å². The maximum absolute atomic E-state index is 13.2. The van der Waals surface area contributed by atoms with Crippen molar-refractivity contribution in [3.63, 3.8) is 0 Å². The van der Waals surface area contributed by atoms with Gasteiger partial charge in [-0.05, 0) is 48.9 Å². The monoisotopic (exact) mass is 683 g/mol. The number of anilines is 2. The Morgan fingerprint density at radius 1 is 0.840 bits per heavy atom. The van der Waals surface area contributed by atoms with Crippen LogP contribution in [0.3, 0.4) is 0 Å². The fourth-order valence-corrected chi connectivity index (χ4v) is 5.39. The molecule has 0 aromatic heterocycles. The molecule has 1 amide bonds. The fraction of sp³-hybridized carbons (Fsp3) is 0.167. The van der Waals surface area contributed by atoms with Crippen molar-refractivity contribution in [2.45, 2.75) is 29.6 Å². The summed E-state index contributed by atoms with van der Waals surface area (Å²) in [6.07, 6.45) is 0.344. The Morgan fingerprint density at radius 3 is 1.74 bits per heavy atom. The maximum Gasteiger partial charge on any atom is 0.348 e. The molecule has 14 heteroatoms. The molecule has 0 radical (unpaired) electrons. The normalized spacial score (nSPS) is 17.1. The summed E-state index contributed by atoms with van der Waals surface area (Å²) < 4.78 is 18.4. The van der Waals surface area contributed by atoms with Crippen molar-refractivity contribution in [3.05, 3.63) is 126 Å². The summed E-state index contributed by atoms with van der Waals surface area (Å²) in [6, 6.07) is 25.7. The lowest BCUT2D eigenvalue weighted by Gasteiger charge is -2.34. The van der Waals surface area contributed by atoms with Crippen molar-refractivity contribution in [2.75, 3.05) is 12.0 Å². The Bertz CT molecular complexity index is 1910. The first-order chi connectivity index (χ1) is 23.7. The number of carbonyl (C=O) groups is 5. The number of carboxylic acids is 2. The van der Waals surface area contributed by atoms with E-state index in [0.717, 1.165) is 24.3 Å². The smallest absolute Gasteiger partial charge is 0.348 e. The molecule has 256 valence electrons. The molecule has 1 heterocycles. The highest BCUT2D eigenvalue weighted by Crippen LogP contribution is 2.46. The highest BCUT2D eigenvalue weighted by molar-refractivity contribution is 6.28. The number of nitrogens with zero attached hydrogens (tertiary/aromatic N) is 2. The van der Waals surface area contributed by atoms with E-state index >= 15 is 0 Å². The van der Waals surface area contributed by atoms with Crippen LogP contribution in [0, 0.1) is 17.1 Å². The summed E-state index contributed by atoms with van der Waals surface area (Å²) in [5, 5.41) is 48.8. The number of benzene rings is 4. The van der Waals surface area contributed by atoms with Crippen LogP contribution in [-0.2, 0) is 19.9 Å². The third-order valence-corrected chi connectivity index (χ3v) is 8.10. The van der Waals surface area contributed by atoms with E-state index in [1.54, 1.807) is 18.2 Å². The zero-order valence-corrected chi connectivity index (χ0v) is 26.3. The van der Waals surface area contributed by atoms with Gasteiger partial charge in [0.05, 0.1) is 18.9 Å². The fourth-order valence-electron chi connectivity index (χ4n) is 5.39.